The van der Waals surface area contributed by atoms with Crippen LogP contribution in [-0.2, 0) is 0 Å². The summed E-state index contributed by atoms with van der Waals surface area (Å²) in [6, 6.07) is 0. The van der Waals surface area contributed by atoms with Crippen molar-refractivity contribution >= 4 is 14.1 Å². The van der Waals surface area contributed by atoms with Crippen LogP contribution in [0.3, 0.4) is 0 Å². The van der Waals surface area contributed by atoms with Crippen molar-refractivity contribution in [2.45, 2.75) is 36.6 Å². The Morgan fingerprint density at radius 3 is 1.14 bits per heavy atom. The second-order valence-electron chi connectivity index (χ2n) is 2.09. The Morgan fingerprint density at radius 1 is 0.857 bits per heavy atom. The Hall–Kier alpha value is 0.532. The summed E-state index contributed by atoms with van der Waals surface area (Å²) in [4.78, 5) is 0. The summed E-state index contributed by atoms with van der Waals surface area (Å²) in [6.07, 6.45) is 0. The zero-order valence-corrected chi connectivity index (χ0v) is 6.85. The number of hydrogen-bond acceptors (Lipinski definition) is 0. The molecule has 0 saturated heterocycles. The third-order valence-electron chi connectivity index (χ3n) is 1.73. The van der Waals surface area contributed by atoms with Crippen LogP contribution in [0.4, 0.5) is 0 Å². The first-order valence-electron chi connectivity index (χ1n) is 3.35. The van der Waals surface area contributed by atoms with Crippen molar-refractivity contribution in [2.75, 3.05) is 0 Å². The van der Waals surface area contributed by atoms with E-state index < -0.39 is 0 Å². The van der Waals surface area contributed by atoms with E-state index in [1.807, 2.05) is 0 Å². The van der Waals surface area contributed by atoms with E-state index in [1.54, 1.807) is 0 Å². The Bertz CT molecular complexity index is 25.7. The van der Waals surface area contributed by atoms with Crippen LogP contribution in [0.15, 0.2) is 0 Å². The van der Waals surface area contributed by atoms with Crippen molar-refractivity contribution < 1.29 is 0 Å². The fourth-order valence-corrected chi connectivity index (χ4v) is 2.60. The van der Waals surface area contributed by atoms with E-state index in [0.29, 0.717) is 0 Å². The lowest BCUT2D eigenvalue weighted by Crippen LogP contribution is -2.04. The van der Waals surface area contributed by atoms with Crippen molar-refractivity contribution in [3.8, 4) is 0 Å². The number of rotatable bonds is 3. The summed E-state index contributed by atoms with van der Waals surface area (Å²) in [5, 5.41) is 4.48. The van der Waals surface area contributed by atoms with Crippen molar-refractivity contribution in [1.29, 1.82) is 0 Å². The first-order chi connectivity index (χ1) is 3.35. The van der Waals surface area contributed by atoms with E-state index in [-0.39, 0.29) is 14.1 Å². The van der Waals surface area contributed by atoms with Gasteiger partial charge in [-0.05, 0) is 0 Å². The molecular formula is C6H15Al. The molecule has 0 unspecified atom stereocenters. The highest BCUT2D eigenvalue weighted by Crippen LogP contribution is 2.01. The van der Waals surface area contributed by atoms with Crippen LogP contribution in [-0.4, -0.2) is 14.1 Å². The summed E-state index contributed by atoms with van der Waals surface area (Å²) in [5.74, 6) is 0. The van der Waals surface area contributed by atoms with Gasteiger partial charge in [-0.25, -0.2) is 0 Å². The average Bonchev–Trinajstić information content (AvgIpc) is 1.72. The van der Waals surface area contributed by atoms with Gasteiger partial charge < -0.3 is 0 Å². The molecule has 0 aliphatic rings. The lowest BCUT2D eigenvalue weighted by atomic mass is 0.732. The van der Waals surface area contributed by atoms with E-state index in [9.17, 15) is 0 Å². The van der Waals surface area contributed by atoms with E-state index in [1.165, 1.54) is 15.8 Å². The molecule has 1 heteroatoms. The molecule has 7 heavy (non-hydrogen) atoms. The minimum Gasteiger partial charge on any atom is -0.0967 e. The van der Waals surface area contributed by atoms with Gasteiger partial charge in [0, 0.05) is 0 Å². The molecule has 0 N–H and O–H groups in total. The Kier molecular flexibility index (Phi) is 5.04. The van der Waals surface area contributed by atoms with E-state index >= 15 is 0 Å². The molecule has 0 aliphatic heterocycles. The number of hydrogen-bond donors (Lipinski definition) is 0. The third-order valence-corrected chi connectivity index (χ3v) is 5.20. The molecular weight excluding hydrogens is 73.1 g/mol. The van der Waals surface area contributed by atoms with Gasteiger partial charge in [-0.3, -0.25) is 0 Å². The van der Waals surface area contributed by atoms with Gasteiger partial charge in [0.05, 0.1) is 0 Å². The third kappa shape index (κ3) is 3.14. The molecule has 0 spiro atoms. The predicted octanol–water partition coefficient (Wildman–Crippen LogP) is 2.54. The maximum absolute atomic E-state index is 2.32. The van der Waals surface area contributed by atoms with Gasteiger partial charge in [0.15, 0.2) is 0 Å². The Balaban J connectivity index is 2.99. The monoisotopic (exact) mass is 88.1 g/mol. The van der Waals surface area contributed by atoms with E-state index in [2.05, 4.69) is 20.8 Å². The SMILES string of the molecule is C[CH2][1Al]([CH2]C)[CH2]C. The zero-order valence-electron chi connectivity index (χ0n) is 5.70. The molecule has 0 heterocycles. The quantitative estimate of drug-likeness (QED) is 0.465. The highest BCUT2D eigenvalue weighted by Gasteiger charge is 2.05. The van der Waals surface area contributed by atoms with Crippen molar-refractivity contribution in [2.24, 2.45) is 0 Å². The summed E-state index contributed by atoms with van der Waals surface area (Å²) in [6.45, 7) is 6.97. The molecule has 42 valence electrons. The van der Waals surface area contributed by atoms with E-state index in [4.69, 9.17) is 0 Å². The molecule has 0 aliphatic carbocycles. The van der Waals surface area contributed by atoms with Crippen molar-refractivity contribution in [1.82, 2.24) is 0 Å². The van der Waals surface area contributed by atoms with Crippen LogP contribution in [0.5, 0.6) is 0 Å². The van der Waals surface area contributed by atoms with Crippen LogP contribution < -0.4 is 0 Å². The zero-order chi connectivity index (χ0) is 5.70. The molecule has 0 aromatic rings. The smallest absolute Gasteiger partial charge is 0.0967 e. The molecule has 0 bridgehead atoms. The predicted molar refractivity (Wildman–Crippen MR) is 37.2 cm³/mol. The van der Waals surface area contributed by atoms with Gasteiger partial charge in [-0.1, -0.05) is 36.6 Å². The highest BCUT2D eigenvalue weighted by molar-refractivity contribution is 6.58. The van der Waals surface area contributed by atoms with Crippen LogP contribution in [0, 0.1) is 0 Å². The van der Waals surface area contributed by atoms with Gasteiger partial charge >= 0.3 is 0 Å². The normalized spacial score (nSPS) is 9.00. The van der Waals surface area contributed by atoms with Crippen LogP contribution in [0.2, 0.25) is 15.8 Å². The summed E-state index contributed by atoms with van der Waals surface area (Å²) >= 11 is -0.171. The second kappa shape index (κ2) is 4.69. The molecule has 0 nitrogen and oxygen atoms in total. The van der Waals surface area contributed by atoms with E-state index in [0.717, 1.165) is 0 Å². The molecule has 0 atom stereocenters. The fraction of sp³-hybridized carbons (Fsp3) is 1.00. The molecule has 0 radical (unpaired) electrons. The molecule has 0 rings (SSSR count). The molecule has 0 fully saturated rings. The first kappa shape index (κ1) is 7.53. The average molecular weight is 88.2 g/mol. The summed E-state index contributed by atoms with van der Waals surface area (Å²) in [7, 11) is 0. The van der Waals surface area contributed by atoms with Crippen molar-refractivity contribution in [3.63, 3.8) is 0 Å². The summed E-state index contributed by atoms with van der Waals surface area (Å²) in [5.41, 5.74) is 0. The van der Waals surface area contributed by atoms with Crippen LogP contribution >= 0.6 is 0 Å². The van der Waals surface area contributed by atoms with Gasteiger partial charge in [-0.15, -0.1) is 0 Å². The van der Waals surface area contributed by atoms with Crippen LogP contribution in [0.1, 0.15) is 20.8 Å². The highest BCUT2D eigenvalue weighted by atomic mass is 13.1. The van der Waals surface area contributed by atoms with Crippen LogP contribution in [0.25, 0.3) is 0 Å². The second-order valence-corrected chi connectivity index (χ2v) is 6.27. The Morgan fingerprint density at radius 2 is 1.14 bits per heavy atom. The first-order valence-corrected chi connectivity index (χ1v) is 5.80. The maximum atomic E-state index is 2.32. The van der Waals surface area contributed by atoms with Gasteiger partial charge in [-0.2, -0.15) is 0 Å². The minimum atomic E-state index is -0.171. The van der Waals surface area contributed by atoms with Gasteiger partial charge in [0.2, 0.25) is 0 Å². The molecule has 0 amide bonds. The fourth-order valence-electron chi connectivity index (χ4n) is 0.866. The lowest BCUT2D eigenvalue weighted by molar-refractivity contribution is 1.24. The maximum Gasteiger partial charge on any atom is 0.261 e. The molecule has 0 saturated carbocycles. The largest absolute Gasteiger partial charge is 0.261 e. The standard InChI is InChI=1S/3C2H5.Al/c3*1-2;/h3*1H2,2H3;/i;;;1-26. The Labute approximate surface area is 51.3 Å². The topological polar surface area (TPSA) is 0 Å². The minimum absolute atomic E-state index is 0.171. The van der Waals surface area contributed by atoms with Gasteiger partial charge in [0.25, 0.3) is 14.1 Å². The molecule has 0 aromatic heterocycles. The van der Waals surface area contributed by atoms with Crippen molar-refractivity contribution in [3.05, 3.63) is 0 Å². The lowest BCUT2D eigenvalue weighted by Gasteiger charge is -1.97. The molecule has 0 aromatic carbocycles. The summed E-state index contributed by atoms with van der Waals surface area (Å²) < 4.78 is 0. The van der Waals surface area contributed by atoms with Gasteiger partial charge in [0.1, 0.15) is 0 Å².